The van der Waals surface area contributed by atoms with Crippen LogP contribution < -0.4 is 16.8 Å². The number of rotatable bonds is 7. The van der Waals surface area contributed by atoms with E-state index in [4.69, 9.17) is 11.5 Å². The number of nitrogens with two attached hydrogens (primary N) is 2. The van der Waals surface area contributed by atoms with Gasteiger partial charge in [-0.1, -0.05) is 31.9 Å². The van der Waals surface area contributed by atoms with Gasteiger partial charge < -0.3 is 16.8 Å². The number of pyridine rings is 1. The molecule has 0 spiro atoms. The molecule has 0 aliphatic carbocycles. The standard InChI is InChI=1S/C18H22N4O2/c1-2-3-4-16(17(20)23)22-18(24)13-7-5-12(6-8-13)14-9-15(19)11-21-10-14/h5-11,16H,2-4,19H2,1H3,(H2,20,23)(H,22,24). The van der Waals surface area contributed by atoms with Crippen LogP contribution >= 0.6 is 0 Å². The van der Waals surface area contributed by atoms with Gasteiger partial charge in [0.2, 0.25) is 5.91 Å². The maximum atomic E-state index is 12.3. The molecule has 2 rings (SSSR count). The van der Waals surface area contributed by atoms with Gasteiger partial charge in [-0.15, -0.1) is 0 Å². The van der Waals surface area contributed by atoms with Crippen molar-refractivity contribution < 1.29 is 9.59 Å². The molecule has 2 aromatic rings. The summed E-state index contributed by atoms with van der Waals surface area (Å²) in [6, 6.07) is 8.20. The Hall–Kier alpha value is -2.89. The Morgan fingerprint density at radius 1 is 1.17 bits per heavy atom. The molecule has 0 aliphatic rings. The zero-order chi connectivity index (χ0) is 17.5. The van der Waals surface area contributed by atoms with Crippen molar-refractivity contribution in [1.29, 1.82) is 0 Å². The van der Waals surface area contributed by atoms with Crippen molar-refractivity contribution in [1.82, 2.24) is 10.3 Å². The minimum absolute atomic E-state index is 0.313. The topological polar surface area (TPSA) is 111 Å². The van der Waals surface area contributed by atoms with Gasteiger partial charge in [-0.05, 0) is 30.2 Å². The molecule has 0 saturated heterocycles. The predicted molar refractivity (Wildman–Crippen MR) is 94.1 cm³/mol. The molecule has 0 saturated carbocycles. The highest BCUT2D eigenvalue weighted by Gasteiger charge is 2.18. The lowest BCUT2D eigenvalue weighted by Crippen LogP contribution is -2.44. The van der Waals surface area contributed by atoms with Gasteiger partial charge in [0.15, 0.2) is 0 Å². The highest BCUT2D eigenvalue weighted by Crippen LogP contribution is 2.20. The SMILES string of the molecule is CCCCC(NC(=O)c1ccc(-c2cncc(N)c2)cc1)C(N)=O. The second kappa shape index (κ2) is 8.10. The van der Waals surface area contributed by atoms with Crippen molar-refractivity contribution in [2.45, 2.75) is 32.2 Å². The van der Waals surface area contributed by atoms with Crippen molar-refractivity contribution in [3.63, 3.8) is 0 Å². The van der Waals surface area contributed by atoms with Gasteiger partial charge in [0.1, 0.15) is 6.04 Å². The fraction of sp³-hybridized carbons (Fsp3) is 0.278. The number of hydrogen-bond acceptors (Lipinski definition) is 4. The summed E-state index contributed by atoms with van der Waals surface area (Å²) < 4.78 is 0. The van der Waals surface area contributed by atoms with E-state index in [2.05, 4.69) is 10.3 Å². The zero-order valence-electron chi connectivity index (χ0n) is 13.7. The number of benzene rings is 1. The summed E-state index contributed by atoms with van der Waals surface area (Å²) in [4.78, 5) is 27.8. The third-order valence-electron chi connectivity index (χ3n) is 3.73. The first-order valence-corrected chi connectivity index (χ1v) is 7.92. The molecule has 1 aromatic heterocycles. The second-order valence-corrected chi connectivity index (χ2v) is 5.65. The molecule has 1 heterocycles. The van der Waals surface area contributed by atoms with Crippen LogP contribution in [0.15, 0.2) is 42.7 Å². The number of primary amides is 1. The molecule has 1 unspecified atom stereocenters. The number of unbranched alkanes of at least 4 members (excludes halogenated alkanes) is 1. The maximum absolute atomic E-state index is 12.3. The number of carbonyl (C=O) groups is 2. The van der Waals surface area contributed by atoms with Crippen molar-refractivity contribution in [2.75, 3.05) is 5.73 Å². The minimum Gasteiger partial charge on any atom is -0.397 e. The summed E-state index contributed by atoms with van der Waals surface area (Å²) >= 11 is 0. The fourth-order valence-corrected chi connectivity index (χ4v) is 2.37. The summed E-state index contributed by atoms with van der Waals surface area (Å²) in [6.07, 6.45) is 5.59. The Morgan fingerprint density at radius 2 is 1.88 bits per heavy atom. The quantitative estimate of drug-likeness (QED) is 0.723. The lowest BCUT2D eigenvalue weighted by Gasteiger charge is -2.15. The van der Waals surface area contributed by atoms with E-state index >= 15 is 0 Å². The molecule has 126 valence electrons. The Bertz CT molecular complexity index is 713. The number of hydrogen-bond donors (Lipinski definition) is 3. The Balaban J connectivity index is 2.09. The highest BCUT2D eigenvalue weighted by atomic mass is 16.2. The molecule has 0 bridgehead atoms. The van der Waals surface area contributed by atoms with Crippen LogP contribution in [0, 0.1) is 0 Å². The number of anilines is 1. The second-order valence-electron chi connectivity index (χ2n) is 5.65. The van der Waals surface area contributed by atoms with E-state index < -0.39 is 11.9 Å². The lowest BCUT2D eigenvalue weighted by atomic mass is 10.0. The Labute approximate surface area is 141 Å². The van der Waals surface area contributed by atoms with Gasteiger partial charge in [-0.2, -0.15) is 0 Å². The van der Waals surface area contributed by atoms with Gasteiger partial charge in [0, 0.05) is 23.5 Å². The van der Waals surface area contributed by atoms with Gasteiger partial charge in [0.25, 0.3) is 5.91 Å². The summed E-state index contributed by atoms with van der Waals surface area (Å²) in [5.41, 5.74) is 13.9. The first-order valence-electron chi connectivity index (χ1n) is 7.92. The van der Waals surface area contributed by atoms with E-state index in [0.29, 0.717) is 17.7 Å². The van der Waals surface area contributed by atoms with Crippen LogP contribution in [0.5, 0.6) is 0 Å². The minimum atomic E-state index is -0.643. The number of nitrogen functional groups attached to an aromatic ring is 1. The number of carbonyl (C=O) groups excluding carboxylic acids is 2. The number of aromatic nitrogens is 1. The number of nitrogens with one attached hydrogen (secondary N) is 1. The van der Waals surface area contributed by atoms with E-state index in [-0.39, 0.29) is 5.91 Å². The Morgan fingerprint density at radius 3 is 2.46 bits per heavy atom. The van der Waals surface area contributed by atoms with E-state index in [1.54, 1.807) is 24.5 Å². The van der Waals surface area contributed by atoms with Gasteiger partial charge in [-0.3, -0.25) is 14.6 Å². The van der Waals surface area contributed by atoms with E-state index in [1.807, 2.05) is 25.1 Å². The number of amides is 2. The van der Waals surface area contributed by atoms with Crippen molar-refractivity contribution in [3.8, 4) is 11.1 Å². The van der Waals surface area contributed by atoms with Crippen LogP contribution in [0.25, 0.3) is 11.1 Å². The molecule has 6 heteroatoms. The zero-order valence-corrected chi connectivity index (χ0v) is 13.7. The third-order valence-corrected chi connectivity index (χ3v) is 3.73. The van der Waals surface area contributed by atoms with E-state index in [1.165, 1.54) is 0 Å². The largest absolute Gasteiger partial charge is 0.397 e. The molecule has 0 aliphatic heterocycles. The van der Waals surface area contributed by atoms with Crippen molar-refractivity contribution >= 4 is 17.5 Å². The predicted octanol–water partition coefficient (Wildman–Crippen LogP) is 2.10. The first kappa shape index (κ1) is 17.5. The average Bonchev–Trinajstić information content (AvgIpc) is 2.58. The molecule has 6 nitrogen and oxygen atoms in total. The summed E-state index contributed by atoms with van der Waals surface area (Å²) in [5, 5.41) is 2.69. The van der Waals surface area contributed by atoms with Crippen LogP contribution in [0.3, 0.4) is 0 Å². The van der Waals surface area contributed by atoms with Crippen LogP contribution in [-0.2, 0) is 4.79 Å². The highest BCUT2D eigenvalue weighted by molar-refractivity contribution is 5.97. The molecule has 2 amide bonds. The van der Waals surface area contributed by atoms with Crippen LogP contribution in [0.2, 0.25) is 0 Å². The van der Waals surface area contributed by atoms with E-state index in [0.717, 1.165) is 24.0 Å². The van der Waals surface area contributed by atoms with E-state index in [9.17, 15) is 9.59 Å². The van der Waals surface area contributed by atoms with Crippen molar-refractivity contribution in [3.05, 3.63) is 48.3 Å². The molecule has 0 fully saturated rings. The molecule has 1 aromatic carbocycles. The van der Waals surface area contributed by atoms with Crippen molar-refractivity contribution in [2.24, 2.45) is 5.73 Å². The monoisotopic (exact) mass is 326 g/mol. The van der Waals surface area contributed by atoms with Gasteiger partial charge in [0.05, 0.1) is 5.69 Å². The smallest absolute Gasteiger partial charge is 0.251 e. The van der Waals surface area contributed by atoms with Crippen LogP contribution in [0.4, 0.5) is 5.69 Å². The molecule has 0 radical (unpaired) electrons. The molecular formula is C18H22N4O2. The summed E-state index contributed by atoms with van der Waals surface area (Å²) in [6.45, 7) is 2.02. The van der Waals surface area contributed by atoms with Gasteiger partial charge >= 0.3 is 0 Å². The maximum Gasteiger partial charge on any atom is 0.251 e. The Kier molecular flexibility index (Phi) is 5.89. The molecular weight excluding hydrogens is 304 g/mol. The third kappa shape index (κ3) is 4.55. The van der Waals surface area contributed by atoms with Crippen LogP contribution in [0.1, 0.15) is 36.5 Å². The summed E-state index contributed by atoms with van der Waals surface area (Å²) in [5.74, 6) is -0.827. The lowest BCUT2D eigenvalue weighted by molar-refractivity contribution is -0.120. The first-order chi connectivity index (χ1) is 11.5. The molecule has 1 atom stereocenters. The summed E-state index contributed by atoms with van der Waals surface area (Å²) in [7, 11) is 0. The normalized spacial score (nSPS) is 11.7. The fourth-order valence-electron chi connectivity index (χ4n) is 2.37. The molecule has 5 N–H and O–H groups in total. The number of nitrogens with zero attached hydrogens (tertiary/aromatic N) is 1. The average molecular weight is 326 g/mol. The molecule has 24 heavy (non-hydrogen) atoms. The van der Waals surface area contributed by atoms with Gasteiger partial charge in [-0.25, -0.2) is 0 Å². The van der Waals surface area contributed by atoms with Crippen LogP contribution in [-0.4, -0.2) is 22.8 Å².